The fourth-order valence-electron chi connectivity index (χ4n) is 3.13. The molecule has 0 radical (unpaired) electrons. The first-order valence-electron chi connectivity index (χ1n) is 9.75. The van der Waals surface area contributed by atoms with Crippen LogP contribution in [0, 0.1) is 12.7 Å². The molecule has 0 aliphatic carbocycles. The highest BCUT2D eigenvalue weighted by atomic mass is 19.1. The standard InChI is InChI=1S/C22H19FN6O3/c1-14-26-27-28-29(14)19-13-16(9-10-17(19)23)24-21(30)18(12-15-6-3-2-4-7-15)25-22(31)20-8-5-11-32-20/h2-11,13,18H,12H2,1H3,(H,24,30)(H,25,31). The van der Waals surface area contributed by atoms with Crippen LogP contribution in [0.15, 0.2) is 71.3 Å². The first-order valence-corrected chi connectivity index (χ1v) is 9.75. The molecule has 1 unspecified atom stereocenters. The second-order valence-corrected chi connectivity index (χ2v) is 6.99. The number of rotatable bonds is 7. The van der Waals surface area contributed by atoms with Crippen molar-refractivity contribution in [1.82, 2.24) is 25.5 Å². The van der Waals surface area contributed by atoms with Gasteiger partial charge >= 0.3 is 0 Å². The van der Waals surface area contributed by atoms with Crippen molar-refractivity contribution in [2.75, 3.05) is 5.32 Å². The van der Waals surface area contributed by atoms with E-state index in [1.165, 1.54) is 35.2 Å². The van der Waals surface area contributed by atoms with Gasteiger partial charge < -0.3 is 15.1 Å². The minimum absolute atomic E-state index is 0.0875. The third-order valence-electron chi connectivity index (χ3n) is 4.72. The van der Waals surface area contributed by atoms with Gasteiger partial charge in [-0.3, -0.25) is 9.59 Å². The summed E-state index contributed by atoms with van der Waals surface area (Å²) in [6, 6.07) is 15.5. The Labute approximate surface area is 182 Å². The van der Waals surface area contributed by atoms with Crippen molar-refractivity contribution in [2.24, 2.45) is 0 Å². The van der Waals surface area contributed by atoms with Gasteiger partial charge in [0, 0.05) is 12.1 Å². The topological polar surface area (TPSA) is 115 Å². The maximum absolute atomic E-state index is 14.3. The molecule has 9 nitrogen and oxygen atoms in total. The summed E-state index contributed by atoms with van der Waals surface area (Å²) in [5.74, 6) is -1.06. The van der Waals surface area contributed by atoms with Gasteiger partial charge in [0.1, 0.15) is 17.5 Å². The molecule has 4 aromatic rings. The minimum Gasteiger partial charge on any atom is -0.459 e. The minimum atomic E-state index is -0.904. The van der Waals surface area contributed by atoms with Crippen LogP contribution in [0.3, 0.4) is 0 Å². The van der Waals surface area contributed by atoms with E-state index in [2.05, 4.69) is 26.2 Å². The van der Waals surface area contributed by atoms with E-state index >= 15 is 0 Å². The fourth-order valence-corrected chi connectivity index (χ4v) is 3.13. The molecule has 32 heavy (non-hydrogen) atoms. The number of anilines is 1. The first-order chi connectivity index (χ1) is 15.5. The molecule has 2 amide bonds. The maximum Gasteiger partial charge on any atom is 0.287 e. The molecule has 0 fully saturated rings. The average molecular weight is 434 g/mol. The largest absolute Gasteiger partial charge is 0.459 e. The molecule has 2 aromatic carbocycles. The lowest BCUT2D eigenvalue weighted by molar-refractivity contribution is -0.118. The summed E-state index contributed by atoms with van der Waals surface area (Å²) in [4.78, 5) is 25.6. The predicted octanol–water partition coefficient (Wildman–Crippen LogP) is 2.68. The van der Waals surface area contributed by atoms with E-state index < -0.39 is 23.7 Å². The van der Waals surface area contributed by atoms with Gasteiger partial charge in [-0.25, -0.2) is 4.39 Å². The second-order valence-electron chi connectivity index (χ2n) is 6.99. The molecule has 0 aliphatic rings. The lowest BCUT2D eigenvalue weighted by atomic mass is 10.0. The van der Waals surface area contributed by atoms with Gasteiger partial charge in [0.05, 0.1) is 6.26 Å². The summed E-state index contributed by atoms with van der Waals surface area (Å²) in [5.41, 5.74) is 1.27. The van der Waals surface area contributed by atoms with Gasteiger partial charge in [-0.1, -0.05) is 30.3 Å². The second kappa shape index (κ2) is 9.21. The van der Waals surface area contributed by atoms with Crippen molar-refractivity contribution in [1.29, 1.82) is 0 Å². The van der Waals surface area contributed by atoms with E-state index in [9.17, 15) is 14.0 Å². The van der Waals surface area contributed by atoms with Crippen LogP contribution in [0.25, 0.3) is 5.69 Å². The number of carbonyl (C=O) groups excluding carboxylic acids is 2. The average Bonchev–Trinajstić information content (AvgIpc) is 3.47. The molecule has 0 saturated carbocycles. The number of amides is 2. The molecule has 0 spiro atoms. The highest BCUT2D eigenvalue weighted by Gasteiger charge is 2.24. The van der Waals surface area contributed by atoms with E-state index in [1.807, 2.05) is 30.3 Å². The van der Waals surface area contributed by atoms with Crippen LogP contribution < -0.4 is 10.6 Å². The van der Waals surface area contributed by atoms with Crippen LogP contribution in [-0.2, 0) is 11.2 Å². The number of nitrogens with one attached hydrogen (secondary N) is 2. The monoisotopic (exact) mass is 434 g/mol. The number of aromatic nitrogens is 4. The summed E-state index contributed by atoms with van der Waals surface area (Å²) in [5, 5.41) is 16.4. The summed E-state index contributed by atoms with van der Waals surface area (Å²) in [6.07, 6.45) is 1.63. The molecule has 4 rings (SSSR count). The van der Waals surface area contributed by atoms with Gasteiger partial charge in [0.2, 0.25) is 5.91 Å². The number of benzene rings is 2. The van der Waals surface area contributed by atoms with E-state index in [0.29, 0.717) is 11.5 Å². The van der Waals surface area contributed by atoms with Crippen molar-refractivity contribution < 1.29 is 18.4 Å². The van der Waals surface area contributed by atoms with E-state index in [-0.39, 0.29) is 17.9 Å². The quantitative estimate of drug-likeness (QED) is 0.462. The Morgan fingerprint density at radius 3 is 2.62 bits per heavy atom. The van der Waals surface area contributed by atoms with Gasteiger partial charge in [0.15, 0.2) is 11.6 Å². The lowest BCUT2D eigenvalue weighted by Crippen LogP contribution is -2.45. The Balaban J connectivity index is 1.56. The van der Waals surface area contributed by atoms with Gasteiger partial charge in [-0.2, -0.15) is 4.68 Å². The third kappa shape index (κ3) is 4.69. The van der Waals surface area contributed by atoms with Crippen molar-refractivity contribution in [2.45, 2.75) is 19.4 Å². The number of furan rings is 1. The Bertz CT molecular complexity index is 1220. The van der Waals surface area contributed by atoms with Gasteiger partial charge in [-0.05, 0) is 53.2 Å². The Morgan fingerprint density at radius 2 is 1.94 bits per heavy atom. The maximum atomic E-state index is 14.3. The van der Waals surface area contributed by atoms with Crippen LogP contribution in [-0.4, -0.2) is 38.1 Å². The molecule has 10 heteroatoms. The van der Waals surface area contributed by atoms with Crippen LogP contribution in [0.2, 0.25) is 0 Å². The summed E-state index contributed by atoms with van der Waals surface area (Å²) in [7, 11) is 0. The lowest BCUT2D eigenvalue weighted by Gasteiger charge is -2.18. The SMILES string of the molecule is Cc1nnnn1-c1cc(NC(=O)C(Cc2ccccc2)NC(=O)c2ccco2)ccc1F. The molecule has 0 saturated heterocycles. The van der Waals surface area contributed by atoms with E-state index in [0.717, 1.165) is 5.56 Å². The molecule has 0 aliphatic heterocycles. The van der Waals surface area contributed by atoms with Gasteiger partial charge in [-0.15, -0.1) is 5.10 Å². The molecule has 162 valence electrons. The number of aryl methyl sites for hydroxylation is 1. The normalized spacial score (nSPS) is 11.7. The van der Waals surface area contributed by atoms with Crippen molar-refractivity contribution >= 4 is 17.5 Å². The zero-order valence-corrected chi connectivity index (χ0v) is 17.0. The number of carbonyl (C=O) groups is 2. The zero-order valence-electron chi connectivity index (χ0n) is 17.0. The van der Waals surface area contributed by atoms with Gasteiger partial charge in [0.25, 0.3) is 5.91 Å². The Hall–Kier alpha value is -4.34. The smallest absolute Gasteiger partial charge is 0.287 e. The highest BCUT2D eigenvalue weighted by molar-refractivity contribution is 6.00. The first kappa shape index (κ1) is 20.9. The third-order valence-corrected chi connectivity index (χ3v) is 4.72. The fraction of sp³-hybridized carbons (Fsp3) is 0.136. The van der Waals surface area contributed by atoms with Crippen LogP contribution in [0.4, 0.5) is 10.1 Å². The van der Waals surface area contributed by atoms with Crippen LogP contribution in [0.5, 0.6) is 0 Å². The molecular weight excluding hydrogens is 415 g/mol. The number of hydrogen-bond acceptors (Lipinski definition) is 6. The molecule has 2 N–H and O–H groups in total. The molecule has 0 bridgehead atoms. The van der Waals surface area contributed by atoms with E-state index in [1.54, 1.807) is 13.0 Å². The summed E-state index contributed by atoms with van der Waals surface area (Å²) in [6.45, 7) is 1.63. The number of nitrogens with zero attached hydrogens (tertiary/aromatic N) is 4. The Morgan fingerprint density at radius 1 is 1.12 bits per heavy atom. The highest BCUT2D eigenvalue weighted by Crippen LogP contribution is 2.19. The van der Waals surface area contributed by atoms with Crippen LogP contribution >= 0.6 is 0 Å². The predicted molar refractivity (Wildman–Crippen MR) is 113 cm³/mol. The van der Waals surface area contributed by atoms with Crippen molar-refractivity contribution in [3.05, 3.63) is 89.9 Å². The number of tetrazole rings is 1. The molecular formula is C22H19FN6O3. The summed E-state index contributed by atoms with van der Waals surface area (Å²) < 4.78 is 20.7. The Kier molecular flexibility index (Phi) is 6.02. The summed E-state index contributed by atoms with van der Waals surface area (Å²) >= 11 is 0. The van der Waals surface area contributed by atoms with E-state index in [4.69, 9.17) is 4.42 Å². The van der Waals surface area contributed by atoms with Crippen molar-refractivity contribution in [3.8, 4) is 5.69 Å². The molecule has 2 aromatic heterocycles. The number of hydrogen-bond donors (Lipinski definition) is 2. The van der Waals surface area contributed by atoms with Crippen molar-refractivity contribution in [3.63, 3.8) is 0 Å². The molecule has 2 heterocycles. The number of halogens is 1. The zero-order chi connectivity index (χ0) is 22.5. The molecule has 1 atom stereocenters. The van der Waals surface area contributed by atoms with Crippen LogP contribution in [0.1, 0.15) is 21.9 Å².